The molecule has 1 amide bonds. The van der Waals surface area contributed by atoms with E-state index < -0.39 is 0 Å². The van der Waals surface area contributed by atoms with E-state index in [1.165, 1.54) is 0 Å². The lowest BCUT2D eigenvalue weighted by molar-refractivity contribution is -0.120. The lowest BCUT2D eigenvalue weighted by Crippen LogP contribution is -2.22. The maximum Gasteiger partial charge on any atom is 0.223 e. The van der Waals surface area contributed by atoms with Gasteiger partial charge in [0.25, 0.3) is 0 Å². The number of carbonyl (C=O) groups is 1. The number of hydrogen-bond acceptors (Lipinski definition) is 1. The van der Waals surface area contributed by atoms with Crippen molar-refractivity contribution in [3.05, 3.63) is 19.1 Å². The molecule has 0 bridgehead atoms. The highest BCUT2D eigenvalue weighted by molar-refractivity contribution is 5.77. The molecule has 0 saturated heterocycles. The monoisotopic (exact) mass is 140 g/mol. The van der Waals surface area contributed by atoms with E-state index in [0.717, 1.165) is 13.0 Å². The van der Waals surface area contributed by atoms with Crippen LogP contribution in [0.4, 0.5) is 0 Å². The van der Waals surface area contributed by atoms with Crippen LogP contribution < -0.4 is 5.32 Å². The van der Waals surface area contributed by atoms with Gasteiger partial charge in [-0.25, -0.2) is 0 Å². The van der Waals surface area contributed by atoms with E-state index in [1.54, 1.807) is 12.2 Å². The summed E-state index contributed by atoms with van der Waals surface area (Å²) in [5.41, 5.74) is 0. The van der Waals surface area contributed by atoms with Crippen molar-refractivity contribution in [2.45, 2.75) is 19.8 Å². The molecule has 2 nitrogen and oxygen atoms in total. The number of carbonyl (C=O) groups excluding carboxylic acids is 1. The van der Waals surface area contributed by atoms with Gasteiger partial charge in [-0.2, -0.15) is 0 Å². The van der Waals surface area contributed by atoms with Gasteiger partial charge in [0.1, 0.15) is 0 Å². The number of hydrogen-bond donors (Lipinski definition) is 1. The molecule has 0 fully saturated rings. The molecule has 0 aromatic heterocycles. The molecule has 0 heterocycles. The molecule has 0 rings (SSSR count). The van der Waals surface area contributed by atoms with Crippen LogP contribution in [-0.4, -0.2) is 12.5 Å². The Bertz CT molecular complexity index is 118. The Morgan fingerprint density at radius 3 is 2.90 bits per heavy atom. The van der Waals surface area contributed by atoms with Crippen LogP contribution in [0.15, 0.2) is 12.2 Å². The van der Waals surface area contributed by atoms with Gasteiger partial charge in [0.2, 0.25) is 5.91 Å². The van der Waals surface area contributed by atoms with Crippen molar-refractivity contribution in [2.24, 2.45) is 0 Å². The van der Waals surface area contributed by atoms with Crippen molar-refractivity contribution in [3.8, 4) is 0 Å². The largest absolute Gasteiger partial charge is 0.356 e. The molecule has 0 aromatic rings. The highest BCUT2D eigenvalue weighted by atomic mass is 16.1. The fourth-order valence-corrected chi connectivity index (χ4v) is 0.527. The third-order valence-corrected chi connectivity index (χ3v) is 1.04. The molecule has 0 spiro atoms. The van der Waals surface area contributed by atoms with Gasteiger partial charge in [-0.1, -0.05) is 19.1 Å². The number of allylic oxidation sites excluding steroid dienone is 1. The second-order valence-electron chi connectivity index (χ2n) is 2.03. The summed E-state index contributed by atoms with van der Waals surface area (Å²) in [6.07, 6.45) is 4.81. The first-order chi connectivity index (χ1) is 4.81. The first-order valence-electron chi connectivity index (χ1n) is 3.52. The Labute approximate surface area is 62.3 Å². The van der Waals surface area contributed by atoms with Crippen LogP contribution in [0, 0.1) is 6.92 Å². The predicted molar refractivity (Wildman–Crippen MR) is 42.4 cm³/mol. The van der Waals surface area contributed by atoms with E-state index in [1.807, 2.05) is 6.92 Å². The molecule has 0 aliphatic carbocycles. The SMILES string of the molecule is [CH2]C=CCC(=O)NCCC. The van der Waals surface area contributed by atoms with Gasteiger partial charge < -0.3 is 5.32 Å². The highest BCUT2D eigenvalue weighted by Gasteiger charge is 1.93. The molecule has 1 N–H and O–H groups in total. The van der Waals surface area contributed by atoms with Gasteiger partial charge in [0.05, 0.1) is 0 Å². The summed E-state index contributed by atoms with van der Waals surface area (Å²) in [5.74, 6) is 0.0711. The van der Waals surface area contributed by atoms with Crippen LogP contribution in [0.2, 0.25) is 0 Å². The smallest absolute Gasteiger partial charge is 0.223 e. The fraction of sp³-hybridized carbons (Fsp3) is 0.500. The molecular weight excluding hydrogens is 126 g/mol. The summed E-state index contributed by atoms with van der Waals surface area (Å²) in [7, 11) is 0. The second kappa shape index (κ2) is 6.33. The Morgan fingerprint density at radius 2 is 2.40 bits per heavy atom. The Hall–Kier alpha value is -0.790. The number of rotatable bonds is 4. The van der Waals surface area contributed by atoms with Gasteiger partial charge in [0, 0.05) is 13.0 Å². The highest BCUT2D eigenvalue weighted by Crippen LogP contribution is 1.82. The lowest BCUT2D eigenvalue weighted by atomic mass is 10.3. The molecule has 10 heavy (non-hydrogen) atoms. The summed E-state index contributed by atoms with van der Waals surface area (Å²) >= 11 is 0. The van der Waals surface area contributed by atoms with Crippen LogP contribution in [0.3, 0.4) is 0 Å². The van der Waals surface area contributed by atoms with Gasteiger partial charge in [0.15, 0.2) is 0 Å². The summed E-state index contributed by atoms with van der Waals surface area (Å²) < 4.78 is 0. The van der Waals surface area contributed by atoms with E-state index in [4.69, 9.17) is 0 Å². The standard InChI is InChI=1S/C8H14NO/c1-3-5-6-8(10)9-7-4-2/h3,5H,1,4,6-7H2,2H3,(H,9,10). The van der Waals surface area contributed by atoms with Gasteiger partial charge >= 0.3 is 0 Å². The van der Waals surface area contributed by atoms with E-state index in [0.29, 0.717) is 6.42 Å². The summed E-state index contributed by atoms with van der Waals surface area (Å²) in [4.78, 5) is 10.8. The minimum absolute atomic E-state index is 0.0711. The third kappa shape index (κ3) is 5.35. The lowest BCUT2D eigenvalue weighted by Gasteiger charge is -1.98. The van der Waals surface area contributed by atoms with Gasteiger partial charge in [-0.05, 0) is 13.3 Å². The van der Waals surface area contributed by atoms with E-state index >= 15 is 0 Å². The van der Waals surface area contributed by atoms with Crippen molar-refractivity contribution < 1.29 is 4.79 Å². The zero-order chi connectivity index (χ0) is 7.82. The predicted octanol–water partition coefficient (Wildman–Crippen LogP) is 1.29. The average Bonchev–Trinajstić information content (AvgIpc) is 1.97. The fourth-order valence-electron chi connectivity index (χ4n) is 0.527. The van der Waals surface area contributed by atoms with E-state index in [2.05, 4.69) is 12.2 Å². The third-order valence-electron chi connectivity index (χ3n) is 1.04. The minimum Gasteiger partial charge on any atom is -0.356 e. The number of amides is 1. The quantitative estimate of drug-likeness (QED) is 0.626. The Morgan fingerprint density at radius 1 is 1.70 bits per heavy atom. The van der Waals surface area contributed by atoms with Crippen molar-refractivity contribution in [3.63, 3.8) is 0 Å². The summed E-state index contributed by atoms with van der Waals surface area (Å²) in [6, 6.07) is 0. The molecule has 0 unspecified atom stereocenters. The molecule has 0 atom stereocenters. The van der Waals surface area contributed by atoms with Gasteiger partial charge in [-0.3, -0.25) is 4.79 Å². The average molecular weight is 140 g/mol. The molecule has 0 saturated carbocycles. The topological polar surface area (TPSA) is 29.1 Å². The molecule has 0 aliphatic heterocycles. The van der Waals surface area contributed by atoms with Crippen LogP contribution in [0.25, 0.3) is 0 Å². The number of nitrogens with one attached hydrogen (secondary N) is 1. The van der Waals surface area contributed by atoms with E-state index in [9.17, 15) is 4.79 Å². The molecule has 2 heteroatoms. The first kappa shape index (κ1) is 9.21. The first-order valence-corrected chi connectivity index (χ1v) is 3.52. The second-order valence-corrected chi connectivity index (χ2v) is 2.03. The van der Waals surface area contributed by atoms with Crippen LogP contribution >= 0.6 is 0 Å². The zero-order valence-corrected chi connectivity index (χ0v) is 6.39. The molecule has 0 aromatic carbocycles. The minimum atomic E-state index is 0.0711. The van der Waals surface area contributed by atoms with Crippen molar-refractivity contribution in [1.82, 2.24) is 5.32 Å². The maximum absolute atomic E-state index is 10.8. The summed E-state index contributed by atoms with van der Waals surface area (Å²) in [6.45, 7) is 6.27. The maximum atomic E-state index is 10.8. The molecular formula is C8H14NO. The van der Waals surface area contributed by atoms with Crippen molar-refractivity contribution in [1.29, 1.82) is 0 Å². The Kier molecular flexibility index (Phi) is 5.83. The summed E-state index contributed by atoms with van der Waals surface area (Å²) in [5, 5.41) is 2.75. The van der Waals surface area contributed by atoms with Gasteiger partial charge in [-0.15, -0.1) is 0 Å². The molecule has 1 radical (unpaired) electrons. The van der Waals surface area contributed by atoms with Crippen molar-refractivity contribution in [2.75, 3.05) is 6.54 Å². The van der Waals surface area contributed by atoms with Crippen LogP contribution in [-0.2, 0) is 4.79 Å². The Balaban J connectivity index is 3.25. The molecule has 57 valence electrons. The van der Waals surface area contributed by atoms with Crippen molar-refractivity contribution >= 4 is 5.91 Å². The van der Waals surface area contributed by atoms with Crippen LogP contribution in [0.5, 0.6) is 0 Å². The van der Waals surface area contributed by atoms with Crippen LogP contribution in [0.1, 0.15) is 19.8 Å². The molecule has 0 aliphatic rings. The van der Waals surface area contributed by atoms with E-state index in [-0.39, 0.29) is 5.91 Å². The zero-order valence-electron chi connectivity index (χ0n) is 6.39. The normalized spacial score (nSPS) is 10.2.